The minimum atomic E-state index is -0.699. The molecular formula is C19H18N2O6. The molecule has 0 aliphatic carbocycles. The summed E-state index contributed by atoms with van der Waals surface area (Å²) in [5, 5.41) is 13.1. The van der Waals surface area contributed by atoms with E-state index in [2.05, 4.69) is 5.32 Å². The van der Waals surface area contributed by atoms with Crippen LogP contribution >= 0.6 is 0 Å². The Morgan fingerprint density at radius 3 is 2.70 bits per heavy atom. The molecule has 8 nitrogen and oxygen atoms in total. The fraction of sp³-hybridized carbons (Fsp3) is 0.158. The molecule has 1 amide bonds. The summed E-state index contributed by atoms with van der Waals surface area (Å²) >= 11 is 0. The monoisotopic (exact) mass is 370 g/mol. The van der Waals surface area contributed by atoms with Gasteiger partial charge < -0.3 is 14.8 Å². The Morgan fingerprint density at radius 1 is 1.19 bits per heavy atom. The van der Waals surface area contributed by atoms with Crippen LogP contribution in [0.15, 0.2) is 54.6 Å². The molecule has 0 aliphatic rings. The number of nitro benzene ring substituents is 1. The van der Waals surface area contributed by atoms with Crippen molar-refractivity contribution in [2.75, 3.05) is 18.5 Å². The first kappa shape index (κ1) is 19.6. The average molecular weight is 370 g/mol. The molecular weight excluding hydrogens is 352 g/mol. The minimum Gasteiger partial charge on any atom is -0.493 e. The summed E-state index contributed by atoms with van der Waals surface area (Å²) < 4.78 is 10.3. The molecule has 2 aromatic carbocycles. The lowest BCUT2D eigenvalue weighted by atomic mass is 10.2. The van der Waals surface area contributed by atoms with E-state index >= 15 is 0 Å². The number of nitrogens with zero attached hydrogens (tertiary/aromatic N) is 1. The largest absolute Gasteiger partial charge is 0.493 e. The number of non-ortho nitro benzene ring substituents is 1. The molecule has 2 aromatic rings. The molecule has 0 aromatic heterocycles. The lowest BCUT2D eigenvalue weighted by Crippen LogP contribution is -2.20. The SMILES string of the molecule is CCOc1ccccc1/C=C/C(=O)OCC(=O)Nc1cccc([N+](=O)[O-])c1. The third kappa shape index (κ3) is 6.28. The molecule has 2 rings (SSSR count). The van der Waals surface area contributed by atoms with E-state index in [1.807, 2.05) is 13.0 Å². The Hall–Kier alpha value is -3.68. The van der Waals surface area contributed by atoms with E-state index in [9.17, 15) is 19.7 Å². The second-order valence-corrected chi connectivity index (χ2v) is 5.27. The van der Waals surface area contributed by atoms with E-state index in [4.69, 9.17) is 9.47 Å². The Balaban J connectivity index is 1.87. The topological polar surface area (TPSA) is 108 Å². The number of rotatable bonds is 8. The first-order valence-corrected chi connectivity index (χ1v) is 8.10. The number of carbonyl (C=O) groups excluding carboxylic acids is 2. The number of esters is 1. The number of nitro groups is 1. The molecule has 0 radical (unpaired) electrons. The van der Waals surface area contributed by atoms with Gasteiger partial charge in [-0.25, -0.2) is 4.79 Å². The van der Waals surface area contributed by atoms with Crippen molar-refractivity contribution >= 4 is 29.3 Å². The third-order valence-electron chi connectivity index (χ3n) is 3.30. The van der Waals surface area contributed by atoms with Gasteiger partial charge in [-0.1, -0.05) is 24.3 Å². The van der Waals surface area contributed by atoms with Gasteiger partial charge in [-0.3, -0.25) is 14.9 Å². The van der Waals surface area contributed by atoms with Crippen molar-refractivity contribution in [3.63, 3.8) is 0 Å². The lowest BCUT2D eigenvalue weighted by molar-refractivity contribution is -0.384. The van der Waals surface area contributed by atoms with Gasteiger partial charge in [0, 0.05) is 29.5 Å². The van der Waals surface area contributed by atoms with Crippen molar-refractivity contribution in [2.45, 2.75) is 6.92 Å². The van der Waals surface area contributed by atoms with Gasteiger partial charge in [-0.15, -0.1) is 0 Å². The van der Waals surface area contributed by atoms with Crippen molar-refractivity contribution < 1.29 is 24.0 Å². The molecule has 0 spiro atoms. The van der Waals surface area contributed by atoms with Crippen molar-refractivity contribution in [1.82, 2.24) is 0 Å². The predicted octanol–water partition coefficient (Wildman–Crippen LogP) is 3.19. The highest BCUT2D eigenvalue weighted by Gasteiger charge is 2.09. The molecule has 140 valence electrons. The maximum Gasteiger partial charge on any atom is 0.331 e. The predicted molar refractivity (Wildman–Crippen MR) is 99.3 cm³/mol. The van der Waals surface area contributed by atoms with Gasteiger partial charge in [0.15, 0.2) is 6.61 Å². The number of para-hydroxylation sites is 1. The van der Waals surface area contributed by atoms with Crippen LogP contribution in [0, 0.1) is 10.1 Å². The van der Waals surface area contributed by atoms with Crippen LogP contribution < -0.4 is 10.1 Å². The Bertz CT molecular complexity index is 863. The third-order valence-corrected chi connectivity index (χ3v) is 3.30. The standard InChI is InChI=1S/C19H18N2O6/c1-2-26-17-9-4-3-6-14(17)10-11-19(23)27-13-18(22)20-15-7-5-8-16(12-15)21(24)25/h3-12H,2,13H2,1H3,(H,20,22)/b11-10+. The maximum absolute atomic E-state index is 11.8. The molecule has 0 unspecified atom stereocenters. The summed E-state index contributed by atoms with van der Waals surface area (Å²) in [6.45, 7) is 1.83. The van der Waals surface area contributed by atoms with E-state index in [1.165, 1.54) is 36.4 Å². The fourth-order valence-corrected chi connectivity index (χ4v) is 2.14. The number of amides is 1. The quantitative estimate of drug-likeness (QED) is 0.331. The van der Waals surface area contributed by atoms with Gasteiger partial charge in [-0.2, -0.15) is 0 Å². The second kappa shape index (κ2) is 9.71. The van der Waals surface area contributed by atoms with Gasteiger partial charge in [0.05, 0.1) is 11.5 Å². The van der Waals surface area contributed by atoms with Gasteiger partial charge in [0.25, 0.3) is 11.6 Å². The summed E-state index contributed by atoms with van der Waals surface area (Å²) in [7, 11) is 0. The van der Waals surface area contributed by atoms with Crippen LogP contribution in [0.4, 0.5) is 11.4 Å². The zero-order valence-corrected chi connectivity index (χ0v) is 14.6. The molecule has 0 heterocycles. The minimum absolute atomic E-state index is 0.152. The zero-order valence-electron chi connectivity index (χ0n) is 14.6. The van der Waals surface area contributed by atoms with E-state index < -0.39 is 23.4 Å². The summed E-state index contributed by atoms with van der Waals surface area (Å²) in [6, 6.07) is 12.6. The lowest BCUT2D eigenvalue weighted by Gasteiger charge is -2.06. The average Bonchev–Trinajstić information content (AvgIpc) is 2.66. The molecule has 8 heteroatoms. The Kier molecular flexibility index (Phi) is 7.07. The van der Waals surface area contributed by atoms with E-state index in [0.29, 0.717) is 17.9 Å². The molecule has 0 saturated heterocycles. The number of hydrogen-bond acceptors (Lipinski definition) is 6. The van der Waals surface area contributed by atoms with Gasteiger partial charge >= 0.3 is 5.97 Å². The Labute approximate surface area is 155 Å². The van der Waals surface area contributed by atoms with E-state index in [-0.39, 0.29) is 11.4 Å². The first-order chi connectivity index (χ1) is 13.0. The molecule has 0 aliphatic heterocycles. The van der Waals surface area contributed by atoms with Crippen molar-refractivity contribution in [3.8, 4) is 5.75 Å². The fourth-order valence-electron chi connectivity index (χ4n) is 2.14. The van der Waals surface area contributed by atoms with Gasteiger partial charge in [0.2, 0.25) is 0 Å². The van der Waals surface area contributed by atoms with Crippen LogP contribution in [-0.2, 0) is 14.3 Å². The van der Waals surface area contributed by atoms with Crippen LogP contribution in [0.25, 0.3) is 6.08 Å². The van der Waals surface area contributed by atoms with E-state index in [0.717, 1.165) is 0 Å². The number of carbonyl (C=O) groups is 2. The Morgan fingerprint density at radius 2 is 1.96 bits per heavy atom. The van der Waals surface area contributed by atoms with Gasteiger partial charge in [-0.05, 0) is 25.1 Å². The van der Waals surface area contributed by atoms with Crippen LogP contribution in [-0.4, -0.2) is 30.0 Å². The highest BCUT2D eigenvalue weighted by molar-refractivity contribution is 5.94. The highest BCUT2D eigenvalue weighted by Crippen LogP contribution is 2.19. The molecule has 0 atom stereocenters. The van der Waals surface area contributed by atoms with E-state index in [1.54, 1.807) is 18.2 Å². The normalized spacial score (nSPS) is 10.4. The summed E-state index contributed by atoms with van der Waals surface area (Å²) in [4.78, 5) is 33.7. The van der Waals surface area contributed by atoms with Gasteiger partial charge in [0.1, 0.15) is 5.75 Å². The maximum atomic E-state index is 11.8. The summed E-state index contributed by atoms with van der Waals surface area (Å²) in [6.07, 6.45) is 2.73. The molecule has 0 fully saturated rings. The summed E-state index contributed by atoms with van der Waals surface area (Å²) in [5.74, 6) is -0.671. The van der Waals surface area contributed by atoms with Crippen molar-refractivity contribution in [3.05, 3.63) is 70.3 Å². The number of nitrogens with one attached hydrogen (secondary N) is 1. The second-order valence-electron chi connectivity index (χ2n) is 5.27. The van der Waals surface area contributed by atoms with Crippen molar-refractivity contribution in [1.29, 1.82) is 0 Å². The number of anilines is 1. The zero-order chi connectivity index (χ0) is 19.6. The van der Waals surface area contributed by atoms with Crippen LogP contribution in [0.2, 0.25) is 0 Å². The van der Waals surface area contributed by atoms with Crippen LogP contribution in [0.5, 0.6) is 5.75 Å². The number of benzene rings is 2. The first-order valence-electron chi connectivity index (χ1n) is 8.10. The summed E-state index contributed by atoms with van der Waals surface area (Å²) in [5.41, 5.74) is 0.796. The van der Waals surface area contributed by atoms with Crippen LogP contribution in [0.3, 0.4) is 0 Å². The highest BCUT2D eigenvalue weighted by atomic mass is 16.6. The molecule has 1 N–H and O–H groups in total. The number of hydrogen-bond donors (Lipinski definition) is 1. The smallest absolute Gasteiger partial charge is 0.331 e. The van der Waals surface area contributed by atoms with Crippen molar-refractivity contribution in [2.24, 2.45) is 0 Å². The molecule has 0 saturated carbocycles. The van der Waals surface area contributed by atoms with Crippen LogP contribution in [0.1, 0.15) is 12.5 Å². The molecule has 0 bridgehead atoms. The molecule has 27 heavy (non-hydrogen) atoms. The number of ether oxygens (including phenoxy) is 2.